The minimum Gasteiger partial charge on any atom is -0.326 e. The van der Waals surface area contributed by atoms with Gasteiger partial charge < -0.3 is 10.6 Å². The van der Waals surface area contributed by atoms with Crippen LogP contribution in [0.15, 0.2) is 48.5 Å². The molecule has 0 bridgehead atoms. The van der Waals surface area contributed by atoms with Crippen LogP contribution >= 0.6 is 0 Å². The van der Waals surface area contributed by atoms with Crippen molar-refractivity contribution in [3.8, 4) is 0 Å². The SMILES string of the molecule is Cc1ccc(CCC(=O)Nc2ccc(NC(=O)C(C)(C)C)cc2)cc1. The molecule has 0 aliphatic carbocycles. The Morgan fingerprint density at radius 3 is 1.88 bits per heavy atom. The van der Waals surface area contributed by atoms with Crippen molar-refractivity contribution in [1.29, 1.82) is 0 Å². The molecule has 2 amide bonds. The highest BCUT2D eigenvalue weighted by Gasteiger charge is 2.20. The number of benzene rings is 2. The molecular formula is C21H26N2O2. The number of rotatable bonds is 5. The molecule has 2 aromatic carbocycles. The Hall–Kier alpha value is -2.62. The number of amides is 2. The van der Waals surface area contributed by atoms with Gasteiger partial charge in [-0.1, -0.05) is 50.6 Å². The summed E-state index contributed by atoms with van der Waals surface area (Å²) in [4.78, 5) is 24.0. The summed E-state index contributed by atoms with van der Waals surface area (Å²) in [6, 6.07) is 15.4. The van der Waals surface area contributed by atoms with Crippen molar-refractivity contribution in [2.45, 2.75) is 40.5 Å². The van der Waals surface area contributed by atoms with Gasteiger partial charge in [0, 0.05) is 23.2 Å². The third-order valence-electron chi connectivity index (χ3n) is 3.87. The van der Waals surface area contributed by atoms with Crippen molar-refractivity contribution in [2.75, 3.05) is 10.6 Å². The van der Waals surface area contributed by atoms with Gasteiger partial charge in [-0.05, 0) is 43.2 Å². The molecule has 0 saturated carbocycles. The molecule has 0 saturated heterocycles. The highest BCUT2D eigenvalue weighted by molar-refractivity contribution is 5.95. The van der Waals surface area contributed by atoms with Gasteiger partial charge in [-0.25, -0.2) is 0 Å². The van der Waals surface area contributed by atoms with Crippen LogP contribution in [0, 0.1) is 12.3 Å². The molecule has 0 unspecified atom stereocenters. The zero-order valence-corrected chi connectivity index (χ0v) is 15.3. The molecule has 4 heteroatoms. The second-order valence-corrected chi connectivity index (χ2v) is 7.32. The number of hydrogen-bond acceptors (Lipinski definition) is 2. The molecule has 0 atom stereocenters. The van der Waals surface area contributed by atoms with Gasteiger partial charge in [-0.2, -0.15) is 0 Å². The van der Waals surface area contributed by atoms with E-state index in [4.69, 9.17) is 0 Å². The zero-order valence-electron chi connectivity index (χ0n) is 15.3. The molecule has 132 valence electrons. The topological polar surface area (TPSA) is 58.2 Å². The first-order chi connectivity index (χ1) is 11.7. The Labute approximate surface area is 149 Å². The van der Waals surface area contributed by atoms with Crippen molar-refractivity contribution in [1.82, 2.24) is 0 Å². The van der Waals surface area contributed by atoms with Gasteiger partial charge >= 0.3 is 0 Å². The Morgan fingerprint density at radius 2 is 1.36 bits per heavy atom. The van der Waals surface area contributed by atoms with Gasteiger partial charge in [-0.15, -0.1) is 0 Å². The van der Waals surface area contributed by atoms with Crippen LogP contribution in [0.25, 0.3) is 0 Å². The average molecular weight is 338 g/mol. The first-order valence-electron chi connectivity index (χ1n) is 8.51. The molecule has 0 aromatic heterocycles. The molecular weight excluding hydrogens is 312 g/mol. The van der Waals surface area contributed by atoms with Crippen LogP contribution in [-0.4, -0.2) is 11.8 Å². The van der Waals surface area contributed by atoms with Crippen molar-refractivity contribution < 1.29 is 9.59 Å². The lowest BCUT2D eigenvalue weighted by Crippen LogP contribution is -2.27. The fourth-order valence-electron chi connectivity index (χ4n) is 2.19. The zero-order chi connectivity index (χ0) is 18.4. The molecule has 0 radical (unpaired) electrons. The standard InChI is InChI=1S/C21H26N2O2/c1-15-5-7-16(8-6-15)9-14-19(24)22-17-10-12-18(13-11-17)23-20(25)21(2,3)4/h5-8,10-13H,9,14H2,1-4H3,(H,22,24)(H,23,25). The van der Waals surface area contributed by atoms with Crippen LogP contribution in [0.4, 0.5) is 11.4 Å². The maximum absolute atomic E-state index is 12.1. The molecule has 0 aliphatic heterocycles. The van der Waals surface area contributed by atoms with Gasteiger partial charge in [0.05, 0.1) is 0 Å². The predicted molar refractivity (Wildman–Crippen MR) is 103 cm³/mol. The second-order valence-electron chi connectivity index (χ2n) is 7.32. The lowest BCUT2D eigenvalue weighted by Gasteiger charge is -2.17. The molecule has 4 nitrogen and oxygen atoms in total. The van der Waals surface area contributed by atoms with E-state index in [0.29, 0.717) is 12.8 Å². The number of anilines is 2. The van der Waals surface area contributed by atoms with E-state index in [1.54, 1.807) is 24.3 Å². The quantitative estimate of drug-likeness (QED) is 0.840. The lowest BCUT2D eigenvalue weighted by molar-refractivity contribution is -0.123. The summed E-state index contributed by atoms with van der Waals surface area (Å²) in [5, 5.41) is 5.74. The minimum absolute atomic E-state index is 0.0212. The first kappa shape index (κ1) is 18.7. The van der Waals surface area contributed by atoms with Gasteiger partial charge in [0.15, 0.2) is 0 Å². The van der Waals surface area contributed by atoms with E-state index in [9.17, 15) is 9.59 Å². The lowest BCUT2D eigenvalue weighted by atomic mass is 9.95. The maximum Gasteiger partial charge on any atom is 0.229 e. The normalized spacial score (nSPS) is 11.0. The smallest absolute Gasteiger partial charge is 0.229 e. The average Bonchev–Trinajstić information content (AvgIpc) is 2.55. The van der Waals surface area contributed by atoms with Gasteiger partial charge in [0.1, 0.15) is 0 Å². The molecule has 2 aromatic rings. The fourth-order valence-corrected chi connectivity index (χ4v) is 2.19. The van der Waals surface area contributed by atoms with Crippen LogP contribution in [0.1, 0.15) is 38.3 Å². The summed E-state index contributed by atoms with van der Waals surface area (Å²) in [6.45, 7) is 7.64. The van der Waals surface area contributed by atoms with E-state index in [-0.39, 0.29) is 11.8 Å². The van der Waals surface area contributed by atoms with E-state index in [0.717, 1.165) is 16.9 Å². The molecule has 0 heterocycles. The third kappa shape index (κ3) is 6.07. The van der Waals surface area contributed by atoms with Crippen LogP contribution in [0.5, 0.6) is 0 Å². The van der Waals surface area contributed by atoms with Crippen LogP contribution in [0.3, 0.4) is 0 Å². The summed E-state index contributed by atoms with van der Waals surface area (Å²) >= 11 is 0. The van der Waals surface area contributed by atoms with Crippen LogP contribution in [-0.2, 0) is 16.0 Å². The number of carbonyl (C=O) groups excluding carboxylic acids is 2. The molecule has 0 aliphatic rings. The van der Waals surface area contributed by atoms with Crippen LogP contribution < -0.4 is 10.6 Å². The summed E-state index contributed by atoms with van der Waals surface area (Å²) in [6.07, 6.45) is 1.15. The first-order valence-corrected chi connectivity index (χ1v) is 8.51. The van der Waals surface area contributed by atoms with Gasteiger partial charge in [-0.3, -0.25) is 9.59 Å². The van der Waals surface area contributed by atoms with Gasteiger partial charge in [0.2, 0.25) is 11.8 Å². The third-order valence-corrected chi connectivity index (χ3v) is 3.87. The molecule has 2 N–H and O–H groups in total. The van der Waals surface area contributed by atoms with E-state index in [1.165, 1.54) is 5.56 Å². The molecule has 2 rings (SSSR count). The van der Waals surface area contributed by atoms with E-state index in [1.807, 2.05) is 27.7 Å². The number of aryl methyl sites for hydroxylation is 2. The highest BCUT2D eigenvalue weighted by atomic mass is 16.2. The largest absolute Gasteiger partial charge is 0.326 e. The summed E-state index contributed by atoms with van der Waals surface area (Å²) in [5.41, 5.74) is 3.37. The Morgan fingerprint density at radius 1 is 0.840 bits per heavy atom. The fraction of sp³-hybridized carbons (Fsp3) is 0.333. The van der Waals surface area contributed by atoms with Crippen molar-refractivity contribution in [3.63, 3.8) is 0 Å². The van der Waals surface area contributed by atoms with Crippen molar-refractivity contribution >= 4 is 23.2 Å². The Bertz CT molecular complexity index is 726. The summed E-state index contributed by atoms with van der Waals surface area (Å²) < 4.78 is 0. The summed E-state index contributed by atoms with van der Waals surface area (Å²) in [7, 11) is 0. The number of carbonyl (C=O) groups is 2. The molecule has 0 fully saturated rings. The predicted octanol–water partition coefficient (Wildman–Crippen LogP) is 4.55. The number of hydrogen-bond donors (Lipinski definition) is 2. The number of nitrogens with one attached hydrogen (secondary N) is 2. The summed E-state index contributed by atoms with van der Waals surface area (Å²) in [5.74, 6) is -0.0607. The van der Waals surface area contributed by atoms with E-state index in [2.05, 4.69) is 34.9 Å². The second kappa shape index (κ2) is 7.97. The maximum atomic E-state index is 12.1. The van der Waals surface area contributed by atoms with Gasteiger partial charge in [0.25, 0.3) is 0 Å². The Kier molecular flexibility index (Phi) is 5.97. The van der Waals surface area contributed by atoms with E-state index < -0.39 is 5.41 Å². The van der Waals surface area contributed by atoms with E-state index >= 15 is 0 Å². The van der Waals surface area contributed by atoms with Crippen LogP contribution in [0.2, 0.25) is 0 Å². The Balaban J connectivity index is 1.84. The monoisotopic (exact) mass is 338 g/mol. The highest BCUT2D eigenvalue weighted by Crippen LogP contribution is 2.19. The molecule has 0 spiro atoms. The molecule has 25 heavy (non-hydrogen) atoms. The van der Waals surface area contributed by atoms with Crippen molar-refractivity contribution in [3.05, 3.63) is 59.7 Å². The van der Waals surface area contributed by atoms with Crippen molar-refractivity contribution in [2.24, 2.45) is 5.41 Å². The minimum atomic E-state index is -0.442.